The molecule has 1 N–H and O–H groups in total. The number of hydrogen-bond acceptors (Lipinski definition) is 2. The lowest BCUT2D eigenvalue weighted by molar-refractivity contribution is 0.506. The molecule has 78 valence electrons. The molecule has 0 aliphatic heterocycles. The van der Waals surface area contributed by atoms with E-state index in [4.69, 9.17) is 0 Å². The Morgan fingerprint density at radius 2 is 2.43 bits per heavy atom. The molecule has 2 atom stereocenters. The average molecular weight is 209 g/mol. The first-order valence-corrected chi connectivity index (χ1v) is 6.48. The Balaban J connectivity index is 1.64. The predicted molar refractivity (Wildman–Crippen MR) is 62.8 cm³/mol. The SMILES string of the molecule is C[C@@H]1CC[C@@H](NCCc2cccs2)C1. The van der Waals surface area contributed by atoms with Gasteiger partial charge in [-0.15, -0.1) is 11.3 Å². The summed E-state index contributed by atoms with van der Waals surface area (Å²) in [5.74, 6) is 0.939. The van der Waals surface area contributed by atoms with Crippen LogP contribution in [0.2, 0.25) is 0 Å². The largest absolute Gasteiger partial charge is 0.314 e. The van der Waals surface area contributed by atoms with E-state index in [0.29, 0.717) is 0 Å². The summed E-state index contributed by atoms with van der Waals surface area (Å²) in [7, 11) is 0. The van der Waals surface area contributed by atoms with Crippen molar-refractivity contribution in [2.45, 2.75) is 38.6 Å². The van der Waals surface area contributed by atoms with Gasteiger partial charge in [0.05, 0.1) is 0 Å². The van der Waals surface area contributed by atoms with Crippen molar-refractivity contribution in [1.82, 2.24) is 5.32 Å². The molecule has 1 heterocycles. The Kier molecular flexibility index (Phi) is 3.60. The van der Waals surface area contributed by atoms with Crippen LogP contribution in [0, 0.1) is 5.92 Å². The summed E-state index contributed by atoms with van der Waals surface area (Å²) >= 11 is 1.87. The number of thiophene rings is 1. The molecule has 0 radical (unpaired) electrons. The summed E-state index contributed by atoms with van der Waals surface area (Å²) in [6.45, 7) is 3.51. The van der Waals surface area contributed by atoms with Crippen LogP contribution in [0.1, 0.15) is 31.1 Å². The molecule has 14 heavy (non-hydrogen) atoms. The van der Waals surface area contributed by atoms with Gasteiger partial charge in [-0.25, -0.2) is 0 Å². The Morgan fingerprint density at radius 3 is 3.07 bits per heavy atom. The highest BCUT2D eigenvalue weighted by Crippen LogP contribution is 2.24. The zero-order valence-corrected chi connectivity index (χ0v) is 9.65. The molecule has 1 saturated carbocycles. The highest BCUT2D eigenvalue weighted by Gasteiger charge is 2.19. The first-order valence-electron chi connectivity index (χ1n) is 5.60. The third-order valence-electron chi connectivity index (χ3n) is 3.08. The van der Waals surface area contributed by atoms with Crippen molar-refractivity contribution in [1.29, 1.82) is 0 Å². The fraction of sp³-hybridized carbons (Fsp3) is 0.667. The minimum Gasteiger partial charge on any atom is -0.314 e. The van der Waals surface area contributed by atoms with Gasteiger partial charge in [-0.3, -0.25) is 0 Å². The minimum absolute atomic E-state index is 0.796. The fourth-order valence-corrected chi connectivity index (χ4v) is 2.96. The maximum atomic E-state index is 3.66. The van der Waals surface area contributed by atoms with Crippen molar-refractivity contribution in [2.75, 3.05) is 6.54 Å². The number of rotatable bonds is 4. The molecule has 1 aromatic heterocycles. The van der Waals surface area contributed by atoms with Gasteiger partial charge < -0.3 is 5.32 Å². The van der Waals surface area contributed by atoms with Crippen molar-refractivity contribution in [3.05, 3.63) is 22.4 Å². The summed E-state index contributed by atoms with van der Waals surface area (Å²) in [4.78, 5) is 1.50. The lowest BCUT2D eigenvalue weighted by Gasteiger charge is -2.11. The van der Waals surface area contributed by atoms with E-state index in [9.17, 15) is 0 Å². The molecule has 0 saturated heterocycles. The molecule has 0 spiro atoms. The van der Waals surface area contributed by atoms with Crippen molar-refractivity contribution >= 4 is 11.3 Å². The van der Waals surface area contributed by atoms with Crippen LogP contribution in [-0.2, 0) is 6.42 Å². The van der Waals surface area contributed by atoms with Crippen LogP contribution in [0.25, 0.3) is 0 Å². The van der Waals surface area contributed by atoms with Crippen molar-refractivity contribution < 1.29 is 0 Å². The summed E-state index contributed by atoms with van der Waals surface area (Å²) in [5, 5.41) is 5.82. The summed E-state index contributed by atoms with van der Waals surface area (Å²) in [6, 6.07) is 5.16. The van der Waals surface area contributed by atoms with E-state index in [0.717, 1.165) is 18.5 Å². The van der Waals surface area contributed by atoms with Gasteiger partial charge in [0.1, 0.15) is 0 Å². The highest BCUT2D eigenvalue weighted by atomic mass is 32.1. The van der Waals surface area contributed by atoms with Gasteiger partial charge in [-0.1, -0.05) is 13.0 Å². The van der Waals surface area contributed by atoms with Crippen LogP contribution >= 0.6 is 11.3 Å². The molecule has 0 amide bonds. The quantitative estimate of drug-likeness (QED) is 0.803. The maximum absolute atomic E-state index is 3.66. The van der Waals surface area contributed by atoms with Crippen LogP contribution in [0.4, 0.5) is 0 Å². The van der Waals surface area contributed by atoms with Crippen molar-refractivity contribution in [3.63, 3.8) is 0 Å². The maximum Gasteiger partial charge on any atom is 0.00698 e. The molecule has 2 heteroatoms. The second-order valence-electron chi connectivity index (χ2n) is 4.40. The van der Waals surface area contributed by atoms with Gasteiger partial charge in [0, 0.05) is 17.5 Å². The summed E-state index contributed by atoms with van der Waals surface area (Å²) < 4.78 is 0. The normalized spacial score (nSPS) is 26.9. The van der Waals surface area contributed by atoms with Gasteiger partial charge >= 0.3 is 0 Å². The van der Waals surface area contributed by atoms with Crippen LogP contribution in [0.5, 0.6) is 0 Å². The Hall–Kier alpha value is -0.340. The zero-order valence-electron chi connectivity index (χ0n) is 8.83. The van der Waals surface area contributed by atoms with Crippen LogP contribution in [0.3, 0.4) is 0 Å². The van der Waals surface area contributed by atoms with E-state index in [1.54, 1.807) is 0 Å². The first kappa shape index (κ1) is 10.2. The Bertz CT molecular complexity index is 255. The zero-order chi connectivity index (χ0) is 9.80. The Labute approximate surface area is 90.5 Å². The topological polar surface area (TPSA) is 12.0 Å². The molecule has 0 bridgehead atoms. The summed E-state index contributed by atoms with van der Waals surface area (Å²) in [6.07, 6.45) is 5.37. The molecule has 0 aromatic carbocycles. The van der Waals surface area contributed by atoms with E-state index in [2.05, 4.69) is 29.8 Å². The number of hydrogen-bond donors (Lipinski definition) is 1. The average Bonchev–Trinajstić information content (AvgIpc) is 2.77. The standard InChI is InChI=1S/C12H19NS/c1-10-4-5-11(9-10)13-7-6-12-3-2-8-14-12/h2-3,8,10-11,13H,4-7,9H2,1H3/t10-,11-/m1/s1. The molecule has 1 aromatic rings. The van der Waals surface area contributed by atoms with E-state index < -0.39 is 0 Å². The highest BCUT2D eigenvalue weighted by molar-refractivity contribution is 7.09. The van der Waals surface area contributed by atoms with E-state index in [1.165, 1.54) is 30.6 Å². The smallest absolute Gasteiger partial charge is 0.00698 e. The van der Waals surface area contributed by atoms with Gasteiger partial charge in [0.15, 0.2) is 0 Å². The second kappa shape index (κ2) is 4.94. The second-order valence-corrected chi connectivity index (χ2v) is 5.43. The van der Waals surface area contributed by atoms with E-state index >= 15 is 0 Å². The fourth-order valence-electron chi connectivity index (χ4n) is 2.25. The lowest BCUT2D eigenvalue weighted by atomic mass is 10.1. The van der Waals surface area contributed by atoms with Crippen LogP contribution in [0.15, 0.2) is 17.5 Å². The molecule has 0 unspecified atom stereocenters. The summed E-state index contributed by atoms with van der Waals surface area (Å²) in [5.41, 5.74) is 0. The monoisotopic (exact) mass is 209 g/mol. The van der Waals surface area contributed by atoms with E-state index in [1.807, 2.05) is 11.3 Å². The van der Waals surface area contributed by atoms with Gasteiger partial charge in [-0.2, -0.15) is 0 Å². The molecule has 1 nitrogen and oxygen atoms in total. The Morgan fingerprint density at radius 1 is 1.50 bits per heavy atom. The van der Waals surface area contributed by atoms with E-state index in [-0.39, 0.29) is 0 Å². The van der Waals surface area contributed by atoms with Gasteiger partial charge in [0.25, 0.3) is 0 Å². The molecular formula is C12H19NS. The van der Waals surface area contributed by atoms with Crippen LogP contribution in [-0.4, -0.2) is 12.6 Å². The molecule has 1 fully saturated rings. The first-order chi connectivity index (χ1) is 6.84. The molecule has 2 rings (SSSR count). The molecule has 1 aliphatic carbocycles. The van der Waals surface area contributed by atoms with Gasteiger partial charge in [-0.05, 0) is 43.0 Å². The van der Waals surface area contributed by atoms with Crippen LogP contribution < -0.4 is 5.32 Å². The lowest BCUT2D eigenvalue weighted by Crippen LogP contribution is -2.28. The third-order valence-corrected chi connectivity index (χ3v) is 4.02. The number of nitrogens with one attached hydrogen (secondary N) is 1. The van der Waals surface area contributed by atoms with Crippen molar-refractivity contribution in [3.8, 4) is 0 Å². The predicted octanol–water partition coefficient (Wildman–Crippen LogP) is 3.07. The minimum atomic E-state index is 0.796. The van der Waals surface area contributed by atoms with Crippen molar-refractivity contribution in [2.24, 2.45) is 5.92 Å². The third kappa shape index (κ3) is 2.82. The molecular weight excluding hydrogens is 190 g/mol. The van der Waals surface area contributed by atoms with Gasteiger partial charge in [0.2, 0.25) is 0 Å². The molecule has 1 aliphatic rings.